The fourth-order valence-electron chi connectivity index (χ4n) is 3.60. The third-order valence-electron chi connectivity index (χ3n) is 4.85. The van der Waals surface area contributed by atoms with E-state index in [0.29, 0.717) is 12.5 Å². The van der Waals surface area contributed by atoms with Gasteiger partial charge in [0.15, 0.2) is 0 Å². The molecule has 0 saturated heterocycles. The van der Waals surface area contributed by atoms with Gasteiger partial charge in [0.2, 0.25) is 0 Å². The second-order valence-corrected chi connectivity index (χ2v) is 19.6. The zero-order chi connectivity index (χ0) is 14.8. The van der Waals surface area contributed by atoms with Crippen LogP contribution in [0.25, 0.3) is 0 Å². The fraction of sp³-hybridized carbons (Fsp3) is 0.778. The molecule has 20 heavy (non-hydrogen) atoms. The van der Waals surface area contributed by atoms with Crippen molar-refractivity contribution in [2.45, 2.75) is 72.6 Å². The maximum atomic E-state index is 9.72. The van der Waals surface area contributed by atoms with Crippen molar-refractivity contribution < 1.29 is 5.11 Å². The number of aliphatic hydroxyl groups excluding tert-OH is 1. The van der Waals surface area contributed by atoms with E-state index in [4.69, 9.17) is 0 Å². The van der Waals surface area contributed by atoms with Crippen LogP contribution < -0.4 is 0 Å². The van der Waals surface area contributed by atoms with Crippen molar-refractivity contribution in [1.29, 1.82) is 0 Å². The molecule has 1 nitrogen and oxygen atoms in total. The van der Waals surface area contributed by atoms with Crippen LogP contribution in [0.2, 0.25) is 13.3 Å². The zero-order valence-electron chi connectivity index (χ0n) is 13.8. The molecular formula is C18H34OSn. The Balaban J connectivity index is 2.93. The molecule has 0 aromatic heterocycles. The van der Waals surface area contributed by atoms with Crippen molar-refractivity contribution in [3.05, 3.63) is 21.8 Å². The Bertz CT molecular complexity index is 298. The molecule has 1 rings (SSSR count). The molecule has 1 N–H and O–H groups in total. The van der Waals surface area contributed by atoms with Crippen LogP contribution >= 0.6 is 0 Å². The van der Waals surface area contributed by atoms with Gasteiger partial charge in [-0.05, 0) is 0 Å². The van der Waals surface area contributed by atoms with Gasteiger partial charge in [0.1, 0.15) is 0 Å². The van der Waals surface area contributed by atoms with Gasteiger partial charge in [-0.1, -0.05) is 0 Å². The van der Waals surface area contributed by atoms with Gasteiger partial charge >= 0.3 is 130 Å². The van der Waals surface area contributed by atoms with Gasteiger partial charge in [0, 0.05) is 0 Å². The van der Waals surface area contributed by atoms with Gasteiger partial charge in [0.05, 0.1) is 0 Å². The molecule has 116 valence electrons. The number of unbranched alkanes of at least 4 members (excludes halogenated alkanes) is 3. The van der Waals surface area contributed by atoms with E-state index in [1.165, 1.54) is 51.8 Å². The third-order valence-corrected chi connectivity index (χ3v) is 21.1. The van der Waals surface area contributed by atoms with Crippen LogP contribution in [0.4, 0.5) is 0 Å². The molecule has 1 aliphatic carbocycles. The first-order valence-electron chi connectivity index (χ1n) is 8.73. The van der Waals surface area contributed by atoms with Crippen LogP contribution in [0.5, 0.6) is 0 Å². The summed E-state index contributed by atoms with van der Waals surface area (Å²) in [5.74, 6) is 0.372. The monoisotopic (exact) mass is 386 g/mol. The molecular weight excluding hydrogens is 351 g/mol. The van der Waals surface area contributed by atoms with Crippen molar-refractivity contribution in [2.75, 3.05) is 6.61 Å². The van der Waals surface area contributed by atoms with E-state index in [0.717, 1.165) is 0 Å². The number of hydrogen-bond acceptors (Lipinski definition) is 1. The molecule has 0 aliphatic heterocycles. The quantitative estimate of drug-likeness (QED) is 0.467. The summed E-state index contributed by atoms with van der Waals surface area (Å²) in [6.07, 6.45) is 15.0. The Hall–Kier alpha value is 0.239. The molecule has 2 heteroatoms. The van der Waals surface area contributed by atoms with Crippen molar-refractivity contribution in [1.82, 2.24) is 0 Å². The Morgan fingerprint density at radius 1 is 0.950 bits per heavy atom. The van der Waals surface area contributed by atoms with E-state index in [2.05, 4.69) is 39.0 Å². The van der Waals surface area contributed by atoms with Gasteiger partial charge in [-0.15, -0.1) is 0 Å². The van der Waals surface area contributed by atoms with E-state index in [1.807, 2.05) is 0 Å². The summed E-state index contributed by atoms with van der Waals surface area (Å²) in [4.78, 5) is 0. The van der Waals surface area contributed by atoms with Gasteiger partial charge in [0.25, 0.3) is 0 Å². The Labute approximate surface area is 130 Å². The topological polar surface area (TPSA) is 20.2 Å². The number of hydrogen-bond donors (Lipinski definition) is 1. The summed E-state index contributed by atoms with van der Waals surface area (Å²) < 4.78 is 6.26. The fourth-order valence-corrected chi connectivity index (χ4v) is 21.1. The molecule has 1 unspecified atom stereocenters. The van der Waals surface area contributed by atoms with Crippen LogP contribution in [0.1, 0.15) is 59.3 Å². The van der Waals surface area contributed by atoms with Crippen LogP contribution in [0, 0.1) is 5.92 Å². The maximum absolute atomic E-state index is 9.72. The van der Waals surface area contributed by atoms with Crippen LogP contribution in [-0.2, 0) is 0 Å². The molecule has 1 aliphatic rings. The minimum atomic E-state index is -2.25. The van der Waals surface area contributed by atoms with Crippen molar-refractivity contribution in [3.63, 3.8) is 0 Å². The third kappa shape index (κ3) is 4.91. The summed E-state index contributed by atoms with van der Waals surface area (Å²) in [6.45, 7) is 7.29. The molecule has 0 amide bonds. The van der Waals surface area contributed by atoms with Crippen molar-refractivity contribution in [3.8, 4) is 0 Å². The number of allylic oxidation sites excluding steroid dienone is 2. The first kappa shape index (κ1) is 18.3. The summed E-state index contributed by atoms with van der Waals surface area (Å²) in [7, 11) is 0. The molecule has 0 aromatic rings. The van der Waals surface area contributed by atoms with E-state index in [1.54, 1.807) is 3.59 Å². The van der Waals surface area contributed by atoms with Crippen LogP contribution in [-0.4, -0.2) is 30.1 Å². The van der Waals surface area contributed by atoms with E-state index >= 15 is 0 Å². The van der Waals surface area contributed by atoms with Gasteiger partial charge < -0.3 is 0 Å². The van der Waals surface area contributed by atoms with E-state index in [9.17, 15) is 5.11 Å². The van der Waals surface area contributed by atoms with Crippen LogP contribution in [0.15, 0.2) is 21.8 Å². The van der Waals surface area contributed by atoms with E-state index in [-0.39, 0.29) is 0 Å². The molecule has 0 bridgehead atoms. The predicted octanol–water partition coefficient (Wildman–Crippen LogP) is 5.48. The van der Waals surface area contributed by atoms with Crippen LogP contribution in [0.3, 0.4) is 0 Å². The van der Waals surface area contributed by atoms with Gasteiger partial charge in [-0.25, -0.2) is 0 Å². The molecule has 0 heterocycles. The summed E-state index contributed by atoms with van der Waals surface area (Å²) in [5.41, 5.74) is 0. The predicted molar refractivity (Wildman–Crippen MR) is 92.7 cm³/mol. The molecule has 0 spiro atoms. The van der Waals surface area contributed by atoms with Gasteiger partial charge in [-0.3, -0.25) is 0 Å². The molecule has 0 aromatic carbocycles. The Kier molecular flexibility index (Phi) is 9.19. The molecule has 1 atom stereocenters. The Morgan fingerprint density at radius 3 is 1.85 bits per heavy atom. The molecule has 0 saturated carbocycles. The average Bonchev–Trinajstić information content (AvgIpc) is 2.96. The molecule has 0 radical (unpaired) electrons. The first-order chi connectivity index (χ1) is 9.74. The second-order valence-electron chi connectivity index (χ2n) is 6.39. The summed E-state index contributed by atoms with van der Waals surface area (Å²) >= 11 is -2.25. The van der Waals surface area contributed by atoms with Crippen molar-refractivity contribution in [2.24, 2.45) is 5.92 Å². The summed E-state index contributed by atoms with van der Waals surface area (Å²) in [6, 6.07) is 0. The minimum absolute atomic E-state index is 0.325. The second kappa shape index (κ2) is 10.0. The first-order valence-corrected chi connectivity index (χ1v) is 16.2. The summed E-state index contributed by atoms with van der Waals surface area (Å²) in [5, 5.41) is 9.72. The average molecular weight is 385 g/mol. The zero-order valence-corrected chi connectivity index (χ0v) is 16.7. The normalized spacial score (nSPS) is 18.6. The van der Waals surface area contributed by atoms with Crippen molar-refractivity contribution >= 4 is 18.4 Å². The van der Waals surface area contributed by atoms with E-state index < -0.39 is 18.4 Å². The van der Waals surface area contributed by atoms with Gasteiger partial charge in [-0.2, -0.15) is 0 Å². The SMILES string of the molecule is CCC[CH2][Sn]([CH2]CCC)([CH2]CCC)[C]1=CC=CC1CO. The molecule has 0 fully saturated rings. The Morgan fingerprint density at radius 2 is 1.45 bits per heavy atom. The standard InChI is InChI=1S/C6H7O.3C4H9.Sn/c7-5-6-3-1-2-4-6;3*1-3-4-2;/h1-3,6-7H,5H2;3*1,3-4H2,2H3;. The number of rotatable bonds is 11. The number of aliphatic hydroxyl groups is 1.